The van der Waals surface area contributed by atoms with Crippen LogP contribution < -0.4 is 20.9 Å². The summed E-state index contributed by atoms with van der Waals surface area (Å²) in [6.45, 7) is -0.231. The lowest BCUT2D eigenvalue weighted by Crippen LogP contribution is -2.34. The van der Waals surface area contributed by atoms with E-state index in [0.717, 1.165) is 16.7 Å². The topological polar surface area (TPSA) is 135 Å². The van der Waals surface area contributed by atoms with Crippen LogP contribution >= 0.6 is 0 Å². The van der Waals surface area contributed by atoms with E-state index in [1.54, 1.807) is 26.4 Å². The minimum absolute atomic E-state index is 0.0878. The van der Waals surface area contributed by atoms with E-state index < -0.39 is 35.5 Å². The molecule has 0 radical (unpaired) electrons. The number of nitrogens with two attached hydrogens (primary N) is 1. The summed E-state index contributed by atoms with van der Waals surface area (Å²) in [7, 11) is 3.23. The molecule has 0 bridgehead atoms. The van der Waals surface area contributed by atoms with Crippen LogP contribution in [-0.2, 0) is 14.9 Å². The van der Waals surface area contributed by atoms with Gasteiger partial charge in [0.1, 0.15) is 36.3 Å². The number of hydrogen-bond acceptors (Lipinski definition) is 9. The Morgan fingerprint density at radius 2 is 1.45 bits per heavy atom. The van der Waals surface area contributed by atoms with E-state index in [2.05, 4.69) is 4.98 Å². The highest BCUT2D eigenvalue weighted by atomic mass is 16.6. The van der Waals surface area contributed by atoms with E-state index in [4.69, 9.17) is 24.7 Å². The van der Waals surface area contributed by atoms with Crippen molar-refractivity contribution >= 4 is 11.8 Å². The van der Waals surface area contributed by atoms with Gasteiger partial charge in [-0.2, -0.15) is 4.98 Å². The first-order chi connectivity index (χ1) is 22.8. The molecule has 4 aromatic carbocycles. The molecule has 47 heavy (non-hydrogen) atoms. The lowest BCUT2D eigenvalue weighted by Gasteiger charge is -2.38. The zero-order chi connectivity index (χ0) is 33.0. The van der Waals surface area contributed by atoms with Crippen LogP contribution in [0.15, 0.2) is 120 Å². The largest absolute Gasteiger partial charge is 0.497 e. The van der Waals surface area contributed by atoms with Crippen molar-refractivity contribution in [3.8, 4) is 11.5 Å². The zero-order valence-electron chi connectivity index (χ0n) is 26.0. The molecule has 3 N–H and O–H groups in total. The first kappa shape index (κ1) is 31.5. The molecule has 6 rings (SSSR count). The number of nitrogens with zero attached hydrogens (tertiary/aromatic N) is 2. The van der Waals surface area contributed by atoms with Crippen LogP contribution in [0.5, 0.6) is 11.5 Å². The fraction of sp³-hybridized carbons (Fsp3) is 0.216. The standard InChI is InChI=1S/C37H35N3O7/c1-44-27-16-12-25(13-17-27)37(24-8-4-3-5-9-24,26-14-18-28(45-2)19-15-26)30-11-7-6-10-29(30)35(42)46-23-32-31(41)22-34(47-32)40-21-20-33(38)39-36(40)43/h3-21,31-32,34,41H,22-23H2,1-2H3,(H2,38,39,43)/t31?,32-,34-/m1/s1. The molecule has 3 atom stereocenters. The maximum atomic E-state index is 14.0. The molecule has 1 unspecified atom stereocenters. The summed E-state index contributed by atoms with van der Waals surface area (Å²) in [5.41, 5.74) is 7.81. The van der Waals surface area contributed by atoms with Crippen molar-refractivity contribution in [2.24, 2.45) is 0 Å². The number of aromatic nitrogens is 2. The number of hydrogen-bond donors (Lipinski definition) is 2. The number of carbonyl (C=O) groups is 1. The first-order valence-electron chi connectivity index (χ1n) is 15.1. The number of benzene rings is 4. The van der Waals surface area contributed by atoms with Crippen LogP contribution in [0.4, 0.5) is 5.82 Å². The Balaban J connectivity index is 1.40. The van der Waals surface area contributed by atoms with Gasteiger partial charge in [-0.3, -0.25) is 4.57 Å². The highest BCUT2D eigenvalue weighted by molar-refractivity contribution is 5.92. The van der Waals surface area contributed by atoms with Crippen molar-refractivity contribution in [1.82, 2.24) is 9.55 Å². The third-order valence-electron chi connectivity index (χ3n) is 8.55. The lowest BCUT2D eigenvalue weighted by molar-refractivity contribution is -0.0531. The molecule has 1 aliphatic heterocycles. The summed E-state index contributed by atoms with van der Waals surface area (Å²) in [4.78, 5) is 30.1. The molecule has 1 aromatic heterocycles. The number of esters is 1. The second-order valence-corrected chi connectivity index (χ2v) is 11.2. The van der Waals surface area contributed by atoms with Crippen LogP contribution in [0.2, 0.25) is 0 Å². The van der Waals surface area contributed by atoms with Crippen molar-refractivity contribution in [3.63, 3.8) is 0 Å². The first-order valence-corrected chi connectivity index (χ1v) is 15.1. The molecule has 0 spiro atoms. The van der Waals surface area contributed by atoms with Crippen molar-refractivity contribution in [2.75, 3.05) is 26.6 Å². The van der Waals surface area contributed by atoms with Gasteiger partial charge in [0.05, 0.1) is 31.3 Å². The third kappa shape index (κ3) is 6.08. The van der Waals surface area contributed by atoms with E-state index in [-0.39, 0.29) is 18.8 Å². The molecule has 1 fully saturated rings. The van der Waals surface area contributed by atoms with Crippen molar-refractivity contribution < 1.29 is 28.8 Å². The van der Waals surface area contributed by atoms with Crippen molar-refractivity contribution in [3.05, 3.63) is 154 Å². The van der Waals surface area contributed by atoms with Gasteiger partial charge in [-0.25, -0.2) is 9.59 Å². The van der Waals surface area contributed by atoms with Gasteiger partial charge in [-0.05, 0) is 58.7 Å². The van der Waals surface area contributed by atoms with Gasteiger partial charge in [-0.15, -0.1) is 0 Å². The molecule has 1 aliphatic rings. The quantitative estimate of drug-likeness (QED) is 0.165. The molecule has 0 saturated carbocycles. The number of aliphatic hydroxyl groups is 1. The fourth-order valence-electron chi connectivity index (χ4n) is 6.24. The maximum Gasteiger partial charge on any atom is 0.351 e. The normalized spacial score (nSPS) is 17.6. The van der Waals surface area contributed by atoms with Crippen molar-refractivity contribution in [1.29, 1.82) is 0 Å². The van der Waals surface area contributed by atoms with Gasteiger partial charge in [-0.1, -0.05) is 72.8 Å². The molecule has 10 heteroatoms. The molecule has 2 heterocycles. The van der Waals surface area contributed by atoms with E-state index >= 15 is 0 Å². The van der Waals surface area contributed by atoms with Crippen LogP contribution in [0.3, 0.4) is 0 Å². The Morgan fingerprint density at radius 3 is 2.04 bits per heavy atom. The Bertz CT molecular complexity index is 1850. The third-order valence-corrected chi connectivity index (χ3v) is 8.55. The average molecular weight is 634 g/mol. The number of rotatable bonds is 10. The second kappa shape index (κ2) is 13.5. The van der Waals surface area contributed by atoms with E-state index in [1.165, 1.54) is 16.8 Å². The Labute approximate surface area is 271 Å². The second-order valence-electron chi connectivity index (χ2n) is 11.2. The van der Waals surface area contributed by atoms with Gasteiger partial charge in [0.15, 0.2) is 0 Å². The number of carbonyl (C=O) groups excluding carboxylic acids is 1. The predicted octanol–water partition coefficient (Wildman–Crippen LogP) is 4.73. The molecular formula is C37H35N3O7. The summed E-state index contributed by atoms with van der Waals surface area (Å²) in [5, 5.41) is 10.8. The number of nitrogen functional groups attached to an aromatic ring is 1. The monoisotopic (exact) mass is 633 g/mol. The molecule has 0 amide bonds. The van der Waals surface area contributed by atoms with E-state index in [9.17, 15) is 14.7 Å². The lowest BCUT2D eigenvalue weighted by atomic mass is 9.64. The number of anilines is 1. The number of aliphatic hydroxyl groups excluding tert-OH is 1. The molecule has 10 nitrogen and oxygen atoms in total. The SMILES string of the molecule is COc1ccc(C(c2ccccc2)(c2ccc(OC)cc2)c2ccccc2C(=O)OC[C@H]2O[C@@H](n3ccc(N)nc3=O)CC2O)cc1. The molecule has 1 saturated heterocycles. The molecule has 5 aromatic rings. The van der Waals surface area contributed by atoms with Gasteiger partial charge in [0.25, 0.3) is 0 Å². The fourth-order valence-corrected chi connectivity index (χ4v) is 6.24. The summed E-state index contributed by atoms with van der Waals surface area (Å²) in [5.74, 6) is 0.894. The van der Waals surface area contributed by atoms with Crippen LogP contribution in [0.1, 0.15) is 45.3 Å². The Morgan fingerprint density at radius 1 is 0.872 bits per heavy atom. The Hall–Kier alpha value is -5.45. The van der Waals surface area contributed by atoms with Crippen LogP contribution in [0.25, 0.3) is 0 Å². The van der Waals surface area contributed by atoms with E-state index in [0.29, 0.717) is 22.6 Å². The Kier molecular flexibility index (Phi) is 9.05. The number of methoxy groups -OCH3 is 2. The predicted molar refractivity (Wildman–Crippen MR) is 176 cm³/mol. The smallest absolute Gasteiger partial charge is 0.351 e. The highest BCUT2D eigenvalue weighted by Gasteiger charge is 2.42. The molecule has 0 aliphatic carbocycles. The highest BCUT2D eigenvalue weighted by Crippen LogP contribution is 2.47. The van der Waals surface area contributed by atoms with Crippen molar-refractivity contribution in [2.45, 2.75) is 30.3 Å². The van der Waals surface area contributed by atoms with Crippen LogP contribution in [-0.4, -0.2) is 53.7 Å². The minimum Gasteiger partial charge on any atom is -0.497 e. The van der Waals surface area contributed by atoms with E-state index in [1.807, 2.05) is 91.0 Å². The van der Waals surface area contributed by atoms with Gasteiger partial charge in [0.2, 0.25) is 0 Å². The van der Waals surface area contributed by atoms with Gasteiger partial charge in [0, 0.05) is 12.6 Å². The molecule has 240 valence electrons. The summed E-state index contributed by atoms with van der Waals surface area (Å²) >= 11 is 0. The maximum absolute atomic E-state index is 14.0. The minimum atomic E-state index is -0.977. The summed E-state index contributed by atoms with van der Waals surface area (Å²) < 4.78 is 24.0. The van der Waals surface area contributed by atoms with Gasteiger partial charge < -0.3 is 29.8 Å². The van der Waals surface area contributed by atoms with Crippen LogP contribution in [0, 0.1) is 0 Å². The zero-order valence-corrected chi connectivity index (χ0v) is 26.0. The average Bonchev–Trinajstić information content (AvgIpc) is 3.48. The number of ether oxygens (including phenoxy) is 4. The summed E-state index contributed by atoms with van der Waals surface area (Å²) in [6.07, 6.45) is -1.03. The summed E-state index contributed by atoms with van der Waals surface area (Å²) in [6, 6.07) is 34.3. The van der Waals surface area contributed by atoms with Gasteiger partial charge >= 0.3 is 11.7 Å². The molecular weight excluding hydrogens is 598 g/mol.